The number of hydrogen-bond acceptors (Lipinski definition) is 6. The fourth-order valence-electron chi connectivity index (χ4n) is 3.05. The summed E-state index contributed by atoms with van der Waals surface area (Å²) in [6.45, 7) is 1.59. The third kappa shape index (κ3) is 4.55. The van der Waals surface area contributed by atoms with E-state index in [1.165, 1.54) is 30.3 Å². The van der Waals surface area contributed by atoms with Crippen LogP contribution in [0.2, 0.25) is 0 Å². The maximum absolute atomic E-state index is 12.5. The van der Waals surface area contributed by atoms with E-state index in [1.807, 2.05) is 0 Å². The van der Waals surface area contributed by atoms with Crippen LogP contribution < -0.4 is 10.9 Å². The number of carboxylic acid groups (broad SMARTS) is 1. The number of carbonyl (C=O) groups is 2. The lowest BCUT2D eigenvalue weighted by Crippen LogP contribution is -2.43. The number of fused-ring (bicyclic) bond motifs is 1. The lowest BCUT2D eigenvalue weighted by Gasteiger charge is -2.15. The van der Waals surface area contributed by atoms with Gasteiger partial charge in [-0.25, -0.2) is 9.59 Å². The van der Waals surface area contributed by atoms with Crippen LogP contribution in [0.4, 0.5) is 0 Å². The molecule has 0 fully saturated rings. The zero-order valence-electron chi connectivity index (χ0n) is 15.5. The second-order valence-corrected chi connectivity index (χ2v) is 6.68. The summed E-state index contributed by atoms with van der Waals surface area (Å²) >= 11 is 0. The Morgan fingerprint density at radius 2 is 1.79 bits per heavy atom. The van der Waals surface area contributed by atoms with Crippen molar-refractivity contribution in [1.82, 2.24) is 5.32 Å². The molecule has 29 heavy (non-hydrogen) atoms. The first kappa shape index (κ1) is 19.9. The van der Waals surface area contributed by atoms with E-state index in [1.54, 1.807) is 19.1 Å². The SMILES string of the molecule is Cc1c(O)ccc2c(CC(=O)NC(Cc3ccc(O)cc3)C(=O)O)cc(=O)oc12. The molecule has 0 radical (unpaired) electrons. The number of rotatable bonds is 6. The lowest BCUT2D eigenvalue weighted by molar-refractivity contribution is -0.141. The summed E-state index contributed by atoms with van der Waals surface area (Å²) in [5, 5.41) is 31.5. The third-order valence-electron chi connectivity index (χ3n) is 4.58. The number of hydrogen-bond donors (Lipinski definition) is 4. The van der Waals surface area contributed by atoms with Crippen LogP contribution in [0.15, 0.2) is 51.7 Å². The Balaban J connectivity index is 1.82. The molecule has 8 nitrogen and oxygen atoms in total. The summed E-state index contributed by atoms with van der Waals surface area (Å²) in [4.78, 5) is 35.9. The fraction of sp³-hybridized carbons (Fsp3) is 0.190. The maximum atomic E-state index is 12.5. The van der Waals surface area contributed by atoms with Gasteiger partial charge in [-0.3, -0.25) is 4.79 Å². The minimum absolute atomic E-state index is 0.0337. The Labute approximate surface area is 165 Å². The van der Waals surface area contributed by atoms with Crippen LogP contribution >= 0.6 is 0 Å². The molecule has 1 unspecified atom stereocenters. The van der Waals surface area contributed by atoms with Crippen molar-refractivity contribution in [3.05, 3.63) is 69.6 Å². The molecule has 0 aliphatic rings. The van der Waals surface area contributed by atoms with Crippen LogP contribution in [0.3, 0.4) is 0 Å². The number of nitrogens with one attached hydrogen (secondary N) is 1. The van der Waals surface area contributed by atoms with Crippen LogP contribution in [-0.4, -0.2) is 33.2 Å². The van der Waals surface area contributed by atoms with E-state index in [2.05, 4.69) is 5.32 Å². The molecule has 0 spiro atoms. The highest BCUT2D eigenvalue weighted by molar-refractivity contribution is 5.91. The predicted molar refractivity (Wildman–Crippen MR) is 104 cm³/mol. The summed E-state index contributed by atoms with van der Waals surface area (Å²) in [6.07, 6.45) is -0.197. The number of aryl methyl sites for hydroxylation is 1. The Hall–Kier alpha value is -3.81. The number of amides is 1. The number of phenols is 2. The van der Waals surface area contributed by atoms with Crippen LogP contribution in [0.1, 0.15) is 16.7 Å². The fourth-order valence-corrected chi connectivity index (χ4v) is 3.05. The van der Waals surface area contributed by atoms with Crippen molar-refractivity contribution in [3.8, 4) is 11.5 Å². The van der Waals surface area contributed by atoms with Crippen molar-refractivity contribution in [2.75, 3.05) is 0 Å². The average Bonchev–Trinajstić information content (AvgIpc) is 2.66. The van der Waals surface area contributed by atoms with Gasteiger partial charge in [0.1, 0.15) is 23.1 Å². The average molecular weight is 397 g/mol. The molecule has 1 aromatic heterocycles. The first-order valence-corrected chi connectivity index (χ1v) is 8.80. The predicted octanol–water partition coefficient (Wildman–Crippen LogP) is 1.87. The molecule has 1 amide bonds. The molecular weight excluding hydrogens is 378 g/mol. The minimum Gasteiger partial charge on any atom is -0.508 e. The van der Waals surface area contributed by atoms with Gasteiger partial charge in [-0.15, -0.1) is 0 Å². The van der Waals surface area contributed by atoms with Crippen molar-refractivity contribution >= 4 is 22.8 Å². The molecule has 0 bridgehead atoms. The summed E-state index contributed by atoms with van der Waals surface area (Å²) in [5.41, 5.74) is 0.877. The van der Waals surface area contributed by atoms with Gasteiger partial charge in [0, 0.05) is 23.4 Å². The molecule has 4 N–H and O–H groups in total. The molecule has 3 aromatic rings. The molecule has 3 rings (SSSR count). The molecule has 150 valence electrons. The monoisotopic (exact) mass is 397 g/mol. The lowest BCUT2D eigenvalue weighted by atomic mass is 10.0. The number of aliphatic carboxylic acids is 1. The molecule has 0 aliphatic heterocycles. The summed E-state index contributed by atoms with van der Waals surface area (Å²) in [6, 6.07) is 8.98. The first-order chi connectivity index (χ1) is 13.7. The second kappa shape index (κ2) is 8.05. The summed E-state index contributed by atoms with van der Waals surface area (Å²) in [5.74, 6) is -1.76. The van der Waals surface area contributed by atoms with Gasteiger partial charge in [-0.2, -0.15) is 0 Å². The van der Waals surface area contributed by atoms with Crippen molar-refractivity contribution in [2.45, 2.75) is 25.8 Å². The highest BCUT2D eigenvalue weighted by atomic mass is 16.4. The molecule has 1 heterocycles. The van der Waals surface area contributed by atoms with Gasteiger partial charge in [0.05, 0.1) is 6.42 Å². The van der Waals surface area contributed by atoms with Crippen molar-refractivity contribution in [3.63, 3.8) is 0 Å². The van der Waals surface area contributed by atoms with E-state index in [0.29, 0.717) is 22.1 Å². The van der Waals surface area contributed by atoms with Gasteiger partial charge in [0.2, 0.25) is 5.91 Å². The maximum Gasteiger partial charge on any atom is 0.336 e. The van der Waals surface area contributed by atoms with Gasteiger partial charge in [0.25, 0.3) is 0 Å². The standard InChI is InChI=1S/C21H19NO7/c1-11-17(24)7-6-15-13(10-19(26)29-20(11)15)9-18(25)22-16(21(27)28)8-12-2-4-14(23)5-3-12/h2-7,10,16,23-24H,8-9H2,1H3,(H,22,25)(H,27,28). The van der Waals surface area contributed by atoms with E-state index in [4.69, 9.17) is 4.42 Å². The van der Waals surface area contributed by atoms with Gasteiger partial charge in [0.15, 0.2) is 0 Å². The van der Waals surface area contributed by atoms with E-state index < -0.39 is 23.5 Å². The Bertz CT molecular complexity index is 1130. The van der Waals surface area contributed by atoms with E-state index in [-0.39, 0.29) is 29.9 Å². The van der Waals surface area contributed by atoms with Crippen molar-refractivity contribution in [2.24, 2.45) is 0 Å². The molecule has 0 saturated heterocycles. The molecule has 0 aliphatic carbocycles. The molecule has 8 heteroatoms. The van der Waals surface area contributed by atoms with Crippen LogP contribution in [0.5, 0.6) is 11.5 Å². The topological polar surface area (TPSA) is 137 Å². The smallest absolute Gasteiger partial charge is 0.336 e. The zero-order valence-corrected chi connectivity index (χ0v) is 15.5. The van der Waals surface area contributed by atoms with Crippen LogP contribution in [-0.2, 0) is 22.4 Å². The third-order valence-corrected chi connectivity index (χ3v) is 4.58. The largest absolute Gasteiger partial charge is 0.508 e. The quantitative estimate of drug-likeness (QED) is 0.466. The van der Waals surface area contributed by atoms with Gasteiger partial charge < -0.3 is 25.1 Å². The first-order valence-electron chi connectivity index (χ1n) is 8.80. The number of aromatic hydroxyl groups is 2. The highest BCUT2D eigenvalue weighted by Crippen LogP contribution is 2.27. The Morgan fingerprint density at radius 1 is 1.10 bits per heavy atom. The van der Waals surface area contributed by atoms with E-state index in [9.17, 15) is 29.7 Å². The molecule has 0 saturated carbocycles. The summed E-state index contributed by atoms with van der Waals surface area (Å²) in [7, 11) is 0. The number of benzene rings is 2. The Kier molecular flexibility index (Phi) is 5.54. The van der Waals surface area contributed by atoms with Crippen LogP contribution in [0.25, 0.3) is 11.0 Å². The van der Waals surface area contributed by atoms with Gasteiger partial charge in [-0.1, -0.05) is 12.1 Å². The molecule has 1 atom stereocenters. The number of carboxylic acids is 1. The zero-order chi connectivity index (χ0) is 21.1. The van der Waals surface area contributed by atoms with Crippen molar-refractivity contribution in [1.29, 1.82) is 0 Å². The second-order valence-electron chi connectivity index (χ2n) is 6.68. The number of carbonyl (C=O) groups excluding carboxylic acids is 1. The molecular formula is C21H19NO7. The summed E-state index contributed by atoms with van der Waals surface area (Å²) < 4.78 is 5.14. The van der Waals surface area contributed by atoms with Gasteiger partial charge >= 0.3 is 11.6 Å². The Morgan fingerprint density at radius 3 is 2.45 bits per heavy atom. The van der Waals surface area contributed by atoms with Crippen LogP contribution in [0, 0.1) is 6.92 Å². The van der Waals surface area contributed by atoms with Gasteiger partial charge in [-0.05, 0) is 42.3 Å². The highest BCUT2D eigenvalue weighted by Gasteiger charge is 2.21. The van der Waals surface area contributed by atoms with E-state index >= 15 is 0 Å². The normalized spacial score (nSPS) is 11.9. The van der Waals surface area contributed by atoms with E-state index in [0.717, 1.165) is 0 Å². The minimum atomic E-state index is -1.20. The number of phenolic OH excluding ortho intramolecular Hbond substituents is 2. The van der Waals surface area contributed by atoms with Crippen molar-refractivity contribution < 1.29 is 29.3 Å². The molecule has 2 aromatic carbocycles.